The van der Waals surface area contributed by atoms with Gasteiger partial charge in [-0.25, -0.2) is 0 Å². The van der Waals surface area contributed by atoms with Crippen molar-refractivity contribution in [3.05, 3.63) is 48.0 Å². The van der Waals surface area contributed by atoms with Gasteiger partial charge in [0.1, 0.15) is 0 Å². The molecule has 2 N–H and O–H groups in total. The van der Waals surface area contributed by atoms with Crippen molar-refractivity contribution < 1.29 is 0 Å². The highest BCUT2D eigenvalue weighted by Gasteiger charge is 1.96. The largest absolute Gasteiger partial charge is 0.317 e. The van der Waals surface area contributed by atoms with Crippen molar-refractivity contribution in [2.24, 2.45) is 0 Å². The zero-order valence-corrected chi connectivity index (χ0v) is 11.8. The highest BCUT2D eigenvalue weighted by atomic mass is 14.9. The van der Waals surface area contributed by atoms with Gasteiger partial charge in [0.05, 0.1) is 0 Å². The summed E-state index contributed by atoms with van der Waals surface area (Å²) in [6.45, 7) is 6.48. The molecule has 0 aliphatic heterocycles. The summed E-state index contributed by atoms with van der Waals surface area (Å²) >= 11 is 0. The summed E-state index contributed by atoms with van der Waals surface area (Å²) in [5, 5.41) is 9.50. The Hall–Kier alpha value is -1.38. The van der Waals surface area contributed by atoms with E-state index in [1.54, 1.807) is 0 Å². The minimum absolute atomic E-state index is 1.06. The number of benzene rings is 2. The van der Waals surface area contributed by atoms with E-state index in [1.165, 1.54) is 22.8 Å². The lowest BCUT2D eigenvalue weighted by Crippen LogP contribution is -2.23. The van der Waals surface area contributed by atoms with E-state index >= 15 is 0 Å². The molecule has 0 unspecified atom stereocenters. The fourth-order valence-electron chi connectivity index (χ4n) is 2.27. The van der Waals surface area contributed by atoms with Crippen LogP contribution in [0.1, 0.15) is 18.9 Å². The standard InChI is InChI=1S/C17H24N2/c1-2-18-11-5-12-19-13-10-15-8-9-16-6-3-4-7-17(16)14-15/h3-4,6-9,14,18-19H,2,5,10-13H2,1H3. The normalized spacial score (nSPS) is 11.0. The van der Waals surface area contributed by atoms with E-state index in [4.69, 9.17) is 0 Å². The molecule has 19 heavy (non-hydrogen) atoms. The molecule has 102 valence electrons. The van der Waals surface area contributed by atoms with E-state index in [0.717, 1.165) is 32.6 Å². The Morgan fingerprint density at radius 2 is 1.63 bits per heavy atom. The Morgan fingerprint density at radius 3 is 2.47 bits per heavy atom. The molecule has 2 heteroatoms. The van der Waals surface area contributed by atoms with Crippen molar-refractivity contribution >= 4 is 10.8 Å². The molecule has 0 heterocycles. The van der Waals surface area contributed by atoms with E-state index in [2.05, 4.69) is 60.0 Å². The molecular formula is C17H24N2. The molecule has 0 atom stereocenters. The topological polar surface area (TPSA) is 24.1 Å². The first-order chi connectivity index (χ1) is 9.40. The van der Waals surface area contributed by atoms with Crippen LogP contribution >= 0.6 is 0 Å². The summed E-state index contributed by atoms with van der Waals surface area (Å²) in [7, 11) is 0. The van der Waals surface area contributed by atoms with Crippen molar-refractivity contribution in [3.63, 3.8) is 0 Å². The maximum absolute atomic E-state index is 3.50. The van der Waals surface area contributed by atoms with Crippen molar-refractivity contribution in [3.8, 4) is 0 Å². The molecule has 0 radical (unpaired) electrons. The fourth-order valence-corrected chi connectivity index (χ4v) is 2.27. The third-order valence-corrected chi connectivity index (χ3v) is 3.36. The van der Waals surface area contributed by atoms with Crippen LogP contribution in [0.4, 0.5) is 0 Å². The first-order valence-corrected chi connectivity index (χ1v) is 7.29. The second kappa shape index (κ2) is 7.93. The van der Waals surface area contributed by atoms with Crippen LogP contribution in [0.15, 0.2) is 42.5 Å². The van der Waals surface area contributed by atoms with Crippen molar-refractivity contribution in [1.82, 2.24) is 10.6 Å². The van der Waals surface area contributed by atoms with Crippen LogP contribution in [0.5, 0.6) is 0 Å². The van der Waals surface area contributed by atoms with Crippen LogP contribution in [0, 0.1) is 0 Å². The first kappa shape index (κ1) is 14.0. The summed E-state index contributed by atoms with van der Waals surface area (Å²) < 4.78 is 0. The zero-order valence-electron chi connectivity index (χ0n) is 11.8. The monoisotopic (exact) mass is 256 g/mol. The van der Waals surface area contributed by atoms with Crippen molar-refractivity contribution in [2.45, 2.75) is 19.8 Å². The summed E-state index contributed by atoms with van der Waals surface area (Å²) in [6.07, 6.45) is 2.30. The molecule has 2 aromatic carbocycles. The molecule has 0 saturated carbocycles. The molecule has 0 fully saturated rings. The molecule has 2 aromatic rings. The second-order valence-electron chi connectivity index (χ2n) is 4.89. The molecule has 2 nitrogen and oxygen atoms in total. The molecule has 0 bridgehead atoms. The van der Waals surface area contributed by atoms with Crippen molar-refractivity contribution in [1.29, 1.82) is 0 Å². The third-order valence-electron chi connectivity index (χ3n) is 3.36. The number of hydrogen-bond donors (Lipinski definition) is 2. The third kappa shape index (κ3) is 4.66. The van der Waals surface area contributed by atoms with E-state index in [1.807, 2.05) is 0 Å². The number of nitrogens with one attached hydrogen (secondary N) is 2. The highest BCUT2D eigenvalue weighted by molar-refractivity contribution is 5.82. The minimum Gasteiger partial charge on any atom is -0.317 e. The van der Waals surface area contributed by atoms with Crippen LogP contribution < -0.4 is 10.6 Å². The number of rotatable bonds is 8. The summed E-state index contributed by atoms with van der Waals surface area (Å²) in [5.41, 5.74) is 1.41. The molecular weight excluding hydrogens is 232 g/mol. The quantitative estimate of drug-likeness (QED) is 0.710. The Morgan fingerprint density at radius 1 is 0.842 bits per heavy atom. The molecule has 0 aromatic heterocycles. The van der Waals surface area contributed by atoms with E-state index < -0.39 is 0 Å². The van der Waals surface area contributed by atoms with Gasteiger partial charge in [0.25, 0.3) is 0 Å². The fraction of sp³-hybridized carbons (Fsp3) is 0.412. The molecule has 0 aliphatic rings. The van der Waals surface area contributed by atoms with Gasteiger partial charge in [-0.2, -0.15) is 0 Å². The van der Waals surface area contributed by atoms with Gasteiger partial charge in [0.2, 0.25) is 0 Å². The van der Waals surface area contributed by atoms with E-state index in [0.29, 0.717) is 0 Å². The van der Waals surface area contributed by atoms with Crippen LogP contribution in [0.2, 0.25) is 0 Å². The first-order valence-electron chi connectivity index (χ1n) is 7.29. The zero-order chi connectivity index (χ0) is 13.3. The highest BCUT2D eigenvalue weighted by Crippen LogP contribution is 2.15. The van der Waals surface area contributed by atoms with E-state index in [-0.39, 0.29) is 0 Å². The van der Waals surface area contributed by atoms with Crippen molar-refractivity contribution in [2.75, 3.05) is 26.2 Å². The second-order valence-corrected chi connectivity index (χ2v) is 4.89. The predicted molar refractivity (Wildman–Crippen MR) is 83.7 cm³/mol. The van der Waals surface area contributed by atoms with Gasteiger partial charge in [-0.1, -0.05) is 49.4 Å². The SMILES string of the molecule is CCNCCCNCCc1ccc2ccccc2c1. The Balaban J connectivity index is 1.72. The van der Waals surface area contributed by atoms with Gasteiger partial charge in [-0.05, 0) is 55.4 Å². The summed E-state index contributed by atoms with van der Waals surface area (Å²) in [4.78, 5) is 0. The van der Waals surface area contributed by atoms with Crippen LogP contribution in [0.25, 0.3) is 10.8 Å². The van der Waals surface area contributed by atoms with Gasteiger partial charge in [-0.15, -0.1) is 0 Å². The smallest absolute Gasteiger partial charge is 0.000834 e. The molecule has 0 aliphatic carbocycles. The summed E-state index contributed by atoms with van der Waals surface area (Å²) in [6, 6.07) is 15.3. The van der Waals surface area contributed by atoms with Crippen LogP contribution in [-0.4, -0.2) is 26.2 Å². The lowest BCUT2D eigenvalue weighted by atomic mass is 10.1. The maximum atomic E-state index is 3.50. The summed E-state index contributed by atoms with van der Waals surface area (Å²) in [5.74, 6) is 0. The van der Waals surface area contributed by atoms with Crippen LogP contribution in [-0.2, 0) is 6.42 Å². The average molecular weight is 256 g/mol. The van der Waals surface area contributed by atoms with Gasteiger partial charge < -0.3 is 10.6 Å². The van der Waals surface area contributed by atoms with Crippen LogP contribution in [0.3, 0.4) is 0 Å². The van der Waals surface area contributed by atoms with Gasteiger partial charge in [-0.3, -0.25) is 0 Å². The lowest BCUT2D eigenvalue weighted by Gasteiger charge is -2.06. The van der Waals surface area contributed by atoms with Gasteiger partial charge >= 0.3 is 0 Å². The average Bonchev–Trinajstić information content (AvgIpc) is 2.46. The van der Waals surface area contributed by atoms with Gasteiger partial charge in [0, 0.05) is 0 Å². The lowest BCUT2D eigenvalue weighted by molar-refractivity contribution is 0.607. The predicted octanol–water partition coefficient (Wildman–Crippen LogP) is 2.97. The Kier molecular flexibility index (Phi) is 5.86. The number of hydrogen-bond acceptors (Lipinski definition) is 2. The van der Waals surface area contributed by atoms with Gasteiger partial charge in [0.15, 0.2) is 0 Å². The molecule has 2 rings (SSSR count). The molecule has 0 spiro atoms. The number of fused-ring (bicyclic) bond motifs is 1. The Labute approximate surface area is 116 Å². The Bertz CT molecular complexity index is 493. The van der Waals surface area contributed by atoms with E-state index in [9.17, 15) is 0 Å². The molecule has 0 saturated heterocycles. The minimum atomic E-state index is 1.06. The maximum Gasteiger partial charge on any atom is -0.000834 e. The molecule has 0 amide bonds.